The topological polar surface area (TPSA) is 47.1 Å². The van der Waals surface area contributed by atoms with Crippen LogP contribution in [0, 0.1) is 0 Å². The molecule has 0 saturated carbocycles. The van der Waals surface area contributed by atoms with Gasteiger partial charge in [0.15, 0.2) is 0 Å². The second-order valence-electron chi connectivity index (χ2n) is 4.54. The molecule has 0 spiro atoms. The normalized spacial score (nSPS) is 15.1. The van der Waals surface area contributed by atoms with Gasteiger partial charge in [0.1, 0.15) is 0 Å². The maximum atomic E-state index is 5.80. The molecule has 1 aliphatic rings. The van der Waals surface area contributed by atoms with Gasteiger partial charge in [-0.3, -0.25) is 4.90 Å². The molecule has 0 radical (unpaired) electrons. The first-order valence-corrected chi connectivity index (χ1v) is 5.86. The molecule has 2 heterocycles. The third-order valence-electron chi connectivity index (χ3n) is 3.25. The molecule has 4 nitrogen and oxygen atoms in total. The van der Waals surface area contributed by atoms with E-state index in [9.17, 15) is 0 Å². The van der Waals surface area contributed by atoms with Crippen molar-refractivity contribution in [1.29, 1.82) is 0 Å². The minimum Gasteiger partial charge on any atom is -0.399 e. The number of nitrogens with two attached hydrogens (primary N) is 1. The van der Waals surface area contributed by atoms with Crippen molar-refractivity contribution in [3.63, 3.8) is 0 Å². The highest BCUT2D eigenvalue weighted by Crippen LogP contribution is 2.24. The standard InChI is InChI=1S/C13H16N4/c14-13-2-1-11-8-17(9-12(11)7-13)6-5-16-4-3-15-10-16/h1-4,7,10H,5-6,8-9,14H2. The molecule has 1 aliphatic heterocycles. The van der Waals surface area contributed by atoms with E-state index in [1.165, 1.54) is 11.1 Å². The van der Waals surface area contributed by atoms with E-state index in [0.29, 0.717) is 0 Å². The van der Waals surface area contributed by atoms with Crippen LogP contribution in [0.25, 0.3) is 0 Å². The highest BCUT2D eigenvalue weighted by atomic mass is 15.2. The number of hydrogen-bond acceptors (Lipinski definition) is 3. The van der Waals surface area contributed by atoms with Crippen molar-refractivity contribution in [3.8, 4) is 0 Å². The molecule has 1 aromatic carbocycles. The summed E-state index contributed by atoms with van der Waals surface area (Å²) in [4.78, 5) is 6.48. The molecule has 0 saturated heterocycles. The zero-order valence-electron chi connectivity index (χ0n) is 9.71. The van der Waals surface area contributed by atoms with Crippen molar-refractivity contribution in [3.05, 3.63) is 48.0 Å². The molecule has 4 heteroatoms. The molecule has 0 fully saturated rings. The zero-order chi connectivity index (χ0) is 11.7. The lowest BCUT2D eigenvalue weighted by Gasteiger charge is -2.14. The minimum absolute atomic E-state index is 0.861. The molecule has 3 rings (SSSR count). The van der Waals surface area contributed by atoms with E-state index in [4.69, 9.17) is 5.73 Å². The molecule has 0 aliphatic carbocycles. The first kappa shape index (κ1) is 10.4. The summed E-state index contributed by atoms with van der Waals surface area (Å²) in [6.45, 7) is 4.08. The number of aromatic nitrogens is 2. The summed E-state index contributed by atoms with van der Waals surface area (Å²) >= 11 is 0. The molecule has 0 bridgehead atoms. The van der Waals surface area contributed by atoms with Gasteiger partial charge in [0.05, 0.1) is 6.33 Å². The van der Waals surface area contributed by atoms with Gasteiger partial charge in [-0.25, -0.2) is 4.98 Å². The summed E-state index contributed by atoms with van der Waals surface area (Å²) in [6.07, 6.45) is 5.68. The van der Waals surface area contributed by atoms with Crippen LogP contribution in [-0.4, -0.2) is 21.0 Å². The molecular formula is C13H16N4. The van der Waals surface area contributed by atoms with Gasteiger partial charge in [-0.2, -0.15) is 0 Å². The van der Waals surface area contributed by atoms with E-state index < -0.39 is 0 Å². The van der Waals surface area contributed by atoms with Gasteiger partial charge >= 0.3 is 0 Å². The van der Waals surface area contributed by atoms with Crippen LogP contribution in [0.5, 0.6) is 0 Å². The van der Waals surface area contributed by atoms with E-state index in [-0.39, 0.29) is 0 Å². The van der Waals surface area contributed by atoms with Crippen LogP contribution in [0.2, 0.25) is 0 Å². The average Bonchev–Trinajstić information content (AvgIpc) is 2.94. The van der Waals surface area contributed by atoms with Crippen molar-refractivity contribution in [1.82, 2.24) is 14.5 Å². The molecule has 0 unspecified atom stereocenters. The van der Waals surface area contributed by atoms with Crippen LogP contribution in [0.15, 0.2) is 36.9 Å². The fraction of sp³-hybridized carbons (Fsp3) is 0.308. The zero-order valence-corrected chi connectivity index (χ0v) is 9.71. The highest BCUT2D eigenvalue weighted by Gasteiger charge is 2.18. The molecule has 88 valence electrons. The largest absolute Gasteiger partial charge is 0.399 e. The number of rotatable bonds is 3. The van der Waals surface area contributed by atoms with Crippen molar-refractivity contribution in [2.75, 3.05) is 12.3 Å². The molecule has 0 amide bonds. The van der Waals surface area contributed by atoms with Gasteiger partial charge in [-0.15, -0.1) is 0 Å². The number of nitrogen functional groups attached to an aromatic ring is 1. The fourth-order valence-electron chi connectivity index (χ4n) is 2.32. The quantitative estimate of drug-likeness (QED) is 0.809. The van der Waals surface area contributed by atoms with Crippen molar-refractivity contribution >= 4 is 5.69 Å². The Labute approximate surface area is 101 Å². The van der Waals surface area contributed by atoms with Gasteiger partial charge in [-0.05, 0) is 23.3 Å². The summed E-state index contributed by atoms with van der Waals surface area (Å²) in [7, 11) is 0. The summed E-state index contributed by atoms with van der Waals surface area (Å²) in [5, 5.41) is 0. The first-order valence-electron chi connectivity index (χ1n) is 5.86. The molecule has 2 aromatic rings. The van der Waals surface area contributed by atoms with Crippen LogP contribution < -0.4 is 5.73 Å². The third kappa shape index (κ3) is 2.17. The Hall–Kier alpha value is -1.81. The lowest BCUT2D eigenvalue weighted by molar-refractivity contribution is 0.271. The number of benzene rings is 1. The van der Waals surface area contributed by atoms with Crippen LogP contribution in [0.4, 0.5) is 5.69 Å². The van der Waals surface area contributed by atoms with Gasteiger partial charge in [-0.1, -0.05) is 6.07 Å². The number of anilines is 1. The van der Waals surface area contributed by atoms with E-state index in [1.807, 2.05) is 24.8 Å². The van der Waals surface area contributed by atoms with E-state index >= 15 is 0 Å². The maximum Gasteiger partial charge on any atom is 0.0946 e. The van der Waals surface area contributed by atoms with Crippen molar-refractivity contribution in [2.24, 2.45) is 0 Å². The SMILES string of the molecule is Nc1ccc2c(c1)CN(CCn1ccnc1)C2. The summed E-state index contributed by atoms with van der Waals surface area (Å²) in [5.41, 5.74) is 9.44. The molecule has 17 heavy (non-hydrogen) atoms. The molecular weight excluding hydrogens is 212 g/mol. The fourth-order valence-corrected chi connectivity index (χ4v) is 2.32. The maximum absolute atomic E-state index is 5.80. The van der Waals surface area contributed by atoms with Crippen LogP contribution >= 0.6 is 0 Å². The number of imidazole rings is 1. The Balaban J connectivity index is 1.62. The van der Waals surface area contributed by atoms with Gasteiger partial charge in [0, 0.05) is 44.3 Å². The van der Waals surface area contributed by atoms with Crippen molar-refractivity contribution < 1.29 is 0 Å². The first-order chi connectivity index (χ1) is 8.31. The van der Waals surface area contributed by atoms with Crippen molar-refractivity contribution in [2.45, 2.75) is 19.6 Å². The second-order valence-corrected chi connectivity index (χ2v) is 4.54. The minimum atomic E-state index is 0.861. The Kier molecular flexibility index (Phi) is 2.57. The van der Waals surface area contributed by atoms with Crippen LogP contribution in [0.3, 0.4) is 0 Å². The number of nitrogens with zero attached hydrogens (tertiary/aromatic N) is 3. The number of fused-ring (bicyclic) bond motifs is 1. The monoisotopic (exact) mass is 228 g/mol. The smallest absolute Gasteiger partial charge is 0.0946 e. The predicted molar refractivity (Wildman–Crippen MR) is 67.2 cm³/mol. The predicted octanol–water partition coefficient (Wildman–Crippen LogP) is 1.48. The summed E-state index contributed by atoms with van der Waals surface area (Å²) in [5.74, 6) is 0. The lowest BCUT2D eigenvalue weighted by atomic mass is 10.1. The Morgan fingerprint density at radius 2 is 2.06 bits per heavy atom. The Bertz CT molecular complexity index is 504. The molecule has 0 atom stereocenters. The van der Waals surface area contributed by atoms with Crippen LogP contribution in [-0.2, 0) is 19.6 Å². The van der Waals surface area contributed by atoms with Gasteiger partial charge in [0.2, 0.25) is 0 Å². The Morgan fingerprint density at radius 1 is 1.18 bits per heavy atom. The highest BCUT2D eigenvalue weighted by molar-refractivity contribution is 5.46. The molecule has 1 aromatic heterocycles. The van der Waals surface area contributed by atoms with Crippen LogP contribution in [0.1, 0.15) is 11.1 Å². The Morgan fingerprint density at radius 3 is 2.88 bits per heavy atom. The van der Waals surface area contributed by atoms with E-state index in [1.54, 1.807) is 0 Å². The summed E-state index contributed by atoms with van der Waals surface area (Å²) < 4.78 is 2.11. The second kappa shape index (κ2) is 4.22. The number of hydrogen-bond donors (Lipinski definition) is 1. The van der Waals surface area contributed by atoms with E-state index in [2.05, 4.69) is 26.6 Å². The van der Waals surface area contributed by atoms with Gasteiger partial charge in [0.25, 0.3) is 0 Å². The lowest BCUT2D eigenvalue weighted by Crippen LogP contribution is -2.21. The van der Waals surface area contributed by atoms with Gasteiger partial charge < -0.3 is 10.3 Å². The van der Waals surface area contributed by atoms with E-state index in [0.717, 1.165) is 31.9 Å². The third-order valence-corrected chi connectivity index (χ3v) is 3.25. The molecule has 2 N–H and O–H groups in total. The average molecular weight is 228 g/mol. The summed E-state index contributed by atoms with van der Waals surface area (Å²) in [6, 6.07) is 6.21.